The molecule has 1 aliphatic heterocycles. The molecule has 27 heavy (non-hydrogen) atoms. The minimum atomic E-state index is 0.0163. The van der Waals surface area contributed by atoms with Crippen LogP contribution >= 0.6 is 23.5 Å². The number of nitrogens with zero attached hydrogens (tertiary/aromatic N) is 1. The number of fused-ring (bicyclic) bond motifs is 1. The summed E-state index contributed by atoms with van der Waals surface area (Å²) in [7, 11) is 3.23. The maximum Gasteiger partial charge on any atom is 0.230 e. The van der Waals surface area contributed by atoms with E-state index in [0.29, 0.717) is 23.8 Å². The molecule has 0 bridgehead atoms. The van der Waals surface area contributed by atoms with Crippen LogP contribution in [0, 0.1) is 0 Å². The van der Waals surface area contributed by atoms with Gasteiger partial charge in [-0.1, -0.05) is 47.8 Å². The van der Waals surface area contributed by atoms with Crippen LogP contribution in [0.4, 0.5) is 5.69 Å². The first kappa shape index (κ1) is 19.6. The lowest BCUT2D eigenvalue weighted by atomic mass is 10.1. The van der Waals surface area contributed by atoms with Gasteiger partial charge in [0.25, 0.3) is 0 Å². The number of amides is 1. The molecule has 5 nitrogen and oxygen atoms in total. The van der Waals surface area contributed by atoms with Gasteiger partial charge >= 0.3 is 0 Å². The molecule has 7 heteroatoms. The zero-order valence-electron chi connectivity index (χ0n) is 15.4. The molecule has 0 aromatic heterocycles. The molecule has 0 radical (unpaired) electrons. The van der Waals surface area contributed by atoms with Crippen LogP contribution in [0.3, 0.4) is 0 Å². The van der Waals surface area contributed by atoms with Gasteiger partial charge in [-0.05, 0) is 35.7 Å². The van der Waals surface area contributed by atoms with Gasteiger partial charge in [0.05, 0.1) is 25.7 Å². The van der Waals surface area contributed by atoms with Gasteiger partial charge in [0.1, 0.15) is 4.38 Å². The van der Waals surface area contributed by atoms with Crippen LogP contribution in [0.25, 0.3) is 0 Å². The average Bonchev–Trinajstić information content (AvgIpc) is 2.72. The fraction of sp³-hybridized carbons (Fsp3) is 0.300. The molecule has 0 fully saturated rings. The first-order chi connectivity index (χ1) is 13.2. The summed E-state index contributed by atoms with van der Waals surface area (Å²) < 4.78 is 11.5. The first-order valence-corrected chi connectivity index (χ1v) is 10.6. The van der Waals surface area contributed by atoms with Gasteiger partial charge in [-0.25, -0.2) is 4.99 Å². The Bertz CT molecular complexity index is 840. The maximum atomic E-state index is 12.1. The van der Waals surface area contributed by atoms with Crippen LogP contribution in [0.1, 0.15) is 11.1 Å². The lowest BCUT2D eigenvalue weighted by molar-refractivity contribution is -0.118. The Labute approximate surface area is 167 Å². The molecule has 1 aliphatic rings. The molecule has 0 aliphatic carbocycles. The van der Waals surface area contributed by atoms with E-state index in [-0.39, 0.29) is 5.91 Å². The van der Waals surface area contributed by atoms with Crippen molar-refractivity contribution in [3.63, 3.8) is 0 Å². The molecule has 0 spiro atoms. The summed E-state index contributed by atoms with van der Waals surface area (Å²) in [5.41, 5.74) is 3.34. The molecule has 1 heterocycles. The number of methoxy groups -OCH3 is 2. The van der Waals surface area contributed by atoms with Crippen LogP contribution < -0.4 is 14.8 Å². The van der Waals surface area contributed by atoms with E-state index in [4.69, 9.17) is 9.47 Å². The molecular weight excluding hydrogens is 380 g/mol. The molecule has 1 N–H and O–H groups in total. The second-order valence-electron chi connectivity index (χ2n) is 5.87. The van der Waals surface area contributed by atoms with Gasteiger partial charge in [-0.15, -0.1) is 0 Å². The molecule has 2 aromatic carbocycles. The molecule has 0 atom stereocenters. The van der Waals surface area contributed by atoms with Crippen molar-refractivity contribution in [2.45, 2.75) is 12.2 Å². The standard InChI is InChI=1S/C20H22N2O3S2/c1-24-17-8-7-14(11-18(17)25-2)9-10-21-19(23)13-27-20-22-16-6-4-3-5-15(16)12-26-20/h3-8,11H,9-10,12-13H2,1-2H3,(H,21,23). The van der Waals surface area contributed by atoms with Crippen LogP contribution in [0.5, 0.6) is 11.5 Å². The fourth-order valence-electron chi connectivity index (χ4n) is 2.65. The highest BCUT2D eigenvalue weighted by Crippen LogP contribution is 2.34. The minimum absolute atomic E-state index is 0.0163. The normalized spacial score (nSPS) is 12.7. The van der Waals surface area contributed by atoms with Gasteiger partial charge in [-0.3, -0.25) is 4.79 Å². The number of aliphatic imine (C=N–C) groups is 1. The first-order valence-electron chi connectivity index (χ1n) is 8.59. The summed E-state index contributed by atoms with van der Waals surface area (Å²) in [6.07, 6.45) is 0.736. The van der Waals surface area contributed by atoms with Crippen molar-refractivity contribution in [3.8, 4) is 11.5 Å². The molecule has 0 unspecified atom stereocenters. The summed E-state index contributed by atoms with van der Waals surface area (Å²) in [6.45, 7) is 0.581. The summed E-state index contributed by atoms with van der Waals surface area (Å²) in [4.78, 5) is 16.7. The molecule has 2 aromatic rings. The number of ether oxygens (including phenoxy) is 2. The Morgan fingerprint density at radius 1 is 1.19 bits per heavy atom. The molecule has 3 rings (SSSR count). The molecule has 0 saturated heterocycles. The number of benzene rings is 2. The maximum absolute atomic E-state index is 12.1. The van der Waals surface area contributed by atoms with Crippen molar-refractivity contribution in [2.24, 2.45) is 4.99 Å². The summed E-state index contributed by atoms with van der Waals surface area (Å²) >= 11 is 3.17. The second-order valence-corrected chi connectivity index (χ2v) is 8.06. The summed E-state index contributed by atoms with van der Waals surface area (Å²) in [5, 5.41) is 2.96. The van der Waals surface area contributed by atoms with Crippen molar-refractivity contribution in [1.29, 1.82) is 0 Å². The third-order valence-electron chi connectivity index (χ3n) is 4.07. The highest BCUT2D eigenvalue weighted by molar-refractivity contribution is 8.38. The van der Waals surface area contributed by atoms with E-state index < -0.39 is 0 Å². The third-order valence-corrected chi connectivity index (χ3v) is 6.31. The number of carbonyl (C=O) groups excluding carboxylic acids is 1. The van der Waals surface area contributed by atoms with Crippen molar-refractivity contribution in [1.82, 2.24) is 5.32 Å². The van der Waals surface area contributed by atoms with Crippen LogP contribution in [-0.2, 0) is 17.0 Å². The quantitative estimate of drug-likeness (QED) is 0.758. The zero-order chi connectivity index (χ0) is 19.1. The monoisotopic (exact) mass is 402 g/mol. The van der Waals surface area contributed by atoms with E-state index in [1.165, 1.54) is 17.3 Å². The van der Waals surface area contributed by atoms with Crippen molar-refractivity contribution >= 4 is 39.5 Å². The average molecular weight is 403 g/mol. The SMILES string of the molecule is COc1ccc(CCNC(=O)CSC2=Nc3ccccc3CS2)cc1OC. The van der Waals surface area contributed by atoms with E-state index in [0.717, 1.165) is 27.8 Å². The van der Waals surface area contributed by atoms with Crippen molar-refractivity contribution in [2.75, 3.05) is 26.5 Å². The highest BCUT2D eigenvalue weighted by atomic mass is 32.2. The van der Waals surface area contributed by atoms with Gasteiger partial charge in [0.15, 0.2) is 11.5 Å². The van der Waals surface area contributed by atoms with Crippen molar-refractivity contribution < 1.29 is 14.3 Å². The number of thioether (sulfide) groups is 2. The number of rotatable bonds is 7. The topological polar surface area (TPSA) is 59.9 Å². The van der Waals surface area contributed by atoms with Gasteiger partial charge in [0, 0.05) is 12.3 Å². The predicted octanol–water partition coefficient (Wildman–Crippen LogP) is 4.03. The van der Waals surface area contributed by atoms with Gasteiger partial charge in [-0.2, -0.15) is 0 Å². The molecule has 1 amide bonds. The van der Waals surface area contributed by atoms with Crippen LogP contribution in [0.15, 0.2) is 47.5 Å². The van der Waals surface area contributed by atoms with E-state index >= 15 is 0 Å². The number of nitrogens with one attached hydrogen (secondary N) is 1. The fourth-order valence-corrected chi connectivity index (χ4v) is 4.54. The molecule has 0 saturated carbocycles. The number of hydrogen-bond acceptors (Lipinski definition) is 6. The Morgan fingerprint density at radius 2 is 2.00 bits per heavy atom. The largest absolute Gasteiger partial charge is 0.493 e. The van der Waals surface area contributed by atoms with E-state index in [9.17, 15) is 4.79 Å². The number of carbonyl (C=O) groups is 1. The number of hydrogen-bond donors (Lipinski definition) is 1. The summed E-state index contributed by atoms with van der Waals surface area (Å²) in [6, 6.07) is 13.9. The summed E-state index contributed by atoms with van der Waals surface area (Å²) in [5.74, 6) is 2.70. The molecule has 142 valence electrons. The van der Waals surface area contributed by atoms with Crippen LogP contribution in [0.2, 0.25) is 0 Å². The Hall–Kier alpha value is -2.12. The van der Waals surface area contributed by atoms with Crippen LogP contribution in [-0.4, -0.2) is 36.8 Å². The second kappa shape index (κ2) is 9.71. The zero-order valence-corrected chi connectivity index (χ0v) is 17.0. The third kappa shape index (κ3) is 5.43. The minimum Gasteiger partial charge on any atom is -0.493 e. The lowest BCUT2D eigenvalue weighted by Gasteiger charge is -2.14. The van der Waals surface area contributed by atoms with Crippen molar-refractivity contribution in [3.05, 3.63) is 53.6 Å². The Kier molecular flexibility index (Phi) is 7.06. The molecular formula is C20H22N2O3S2. The van der Waals surface area contributed by atoms with E-state index in [2.05, 4.69) is 16.4 Å². The highest BCUT2D eigenvalue weighted by Gasteiger charge is 2.14. The van der Waals surface area contributed by atoms with E-state index in [1.807, 2.05) is 36.4 Å². The smallest absolute Gasteiger partial charge is 0.230 e. The lowest BCUT2D eigenvalue weighted by Crippen LogP contribution is -2.27. The van der Waals surface area contributed by atoms with Gasteiger partial charge in [0.2, 0.25) is 5.91 Å². The Morgan fingerprint density at radius 3 is 2.81 bits per heavy atom. The van der Waals surface area contributed by atoms with Gasteiger partial charge < -0.3 is 14.8 Å². The Balaban J connectivity index is 1.44. The van der Waals surface area contributed by atoms with E-state index in [1.54, 1.807) is 26.0 Å². The number of para-hydroxylation sites is 1. The predicted molar refractivity (Wildman–Crippen MR) is 114 cm³/mol.